The van der Waals surface area contributed by atoms with E-state index in [9.17, 15) is 9.59 Å². The lowest BCUT2D eigenvalue weighted by molar-refractivity contribution is -0.195. The molecule has 132 valence electrons. The van der Waals surface area contributed by atoms with E-state index in [1.807, 2.05) is 30.3 Å². The van der Waals surface area contributed by atoms with E-state index in [2.05, 4.69) is 4.90 Å². The monoisotopic (exact) mass is 349 g/mol. The number of hydrogen-bond donors (Lipinski definition) is 0. The number of hydrogen-bond acceptors (Lipinski definition) is 5. The highest BCUT2D eigenvalue weighted by atomic mass is 16.7. The van der Waals surface area contributed by atoms with Crippen LogP contribution in [-0.4, -0.2) is 25.0 Å². The second-order valence-corrected chi connectivity index (χ2v) is 6.40. The summed E-state index contributed by atoms with van der Waals surface area (Å²) in [6.07, 6.45) is 2.95. The first-order chi connectivity index (χ1) is 12.7. The molecule has 0 spiro atoms. The quantitative estimate of drug-likeness (QED) is 0.482. The van der Waals surface area contributed by atoms with Crippen molar-refractivity contribution >= 4 is 23.7 Å². The van der Waals surface area contributed by atoms with Gasteiger partial charge in [-0.25, -0.2) is 9.59 Å². The molecule has 0 unspecified atom stereocenters. The lowest BCUT2D eigenvalue weighted by Gasteiger charge is -2.24. The van der Waals surface area contributed by atoms with Gasteiger partial charge in [0.15, 0.2) is 0 Å². The molecule has 0 bridgehead atoms. The number of rotatable bonds is 3. The zero-order chi connectivity index (χ0) is 17.9. The van der Waals surface area contributed by atoms with E-state index in [1.54, 1.807) is 24.3 Å². The fraction of sp³-hybridized carbons (Fsp3) is 0.238. The molecule has 0 aromatic heterocycles. The lowest BCUT2D eigenvalue weighted by Crippen LogP contribution is -2.29. The summed E-state index contributed by atoms with van der Waals surface area (Å²) in [5.74, 6) is -1.34. The van der Waals surface area contributed by atoms with Crippen molar-refractivity contribution in [3.8, 4) is 0 Å². The molecule has 4 rings (SSSR count). The molecule has 2 heterocycles. The first kappa shape index (κ1) is 16.4. The van der Waals surface area contributed by atoms with E-state index in [-0.39, 0.29) is 5.57 Å². The van der Waals surface area contributed by atoms with Crippen molar-refractivity contribution in [2.75, 3.05) is 18.0 Å². The molecular formula is C21H19NO4. The van der Waals surface area contributed by atoms with Crippen molar-refractivity contribution in [1.29, 1.82) is 0 Å². The van der Waals surface area contributed by atoms with E-state index < -0.39 is 18.2 Å². The maximum atomic E-state index is 12.3. The SMILES string of the molecule is O=C1OC(c2ccccc2)OC(=O)C1=Cc1ccc(N2CCCC2)cc1. The molecule has 2 aromatic rings. The predicted octanol–water partition coefficient (Wildman–Crippen LogP) is 3.47. The molecule has 2 aromatic carbocycles. The molecule has 26 heavy (non-hydrogen) atoms. The average Bonchev–Trinajstić information content (AvgIpc) is 3.20. The summed E-state index contributed by atoms with van der Waals surface area (Å²) >= 11 is 0. The standard InChI is InChI=1S/C21H19NO4/c23-19-18(20(24)26-21(25-19)16-6-2-1-3-7-16)14-15-8-10-17(11-9-15)22-12-4-5-13-22/h1-3,6-11,14,21H,4-5,12-13H2. The number of carbonyl (C=O) groups is 2. The van der Waals surface area contributed by atoms with Crippen LogP contribution >= 0.6 is 0 Å². The van der Waals surface area contributed by atoms with Gasteiger partial charge in [0.1, 0.15) is 5.57 Å². The van der Waals surface area contributed by atoms with E-state index in [0.717, 1.165) is 24.3 Å². The van der Waals surface area contributed by atoms with Crippen LogP contribution in [0.3, 0.4) is 0 Å². The maximum absolute atomic E-state index is 12.3. The zero-order valence-electron chi connectivity index (χ0n) is 14.3. The van der Waals surface area contributed by atoms with Gasteiger partial charge in [-0.15, -0.1) is 0 Å². The third-order valence-electron chi connectivity index (χ3n) is 4.62. The first-order valence-electron chi connectivity index (χ1n) is 8.74. The molecule has 0 saturated carbocycles. The topological polar surface area (TPSA) is 55.8 Å². The first-order valence-corrected chi connectivity index (χ1v) is 8.74. The fourth-order valence-corrected chi connectivity index (χ4v) is 3.22. The Balaban J connectivity index is 1.50. The van der Waals surface area contributed by atoms with Crippen LogP contribution in [0.25, 0.3) is 6.08 Å². The van der Waals surface area contributed by atoms with Gasteiger partial charge in [0.2, 0.25) is 0 Å². The zero-order valence-corrected chi connectivity index (χ0v) is 14.3. The fourth-order valence-electron chi connectivity index (χ4n) is 3.22. The molecule has 0 aliphatic carbocycles. The molecule has 0 atom stereocenters. The highest BCUT2D eigenvalue weighted by Crippen LogP contribution is 2.28. The van der Waals surface area contributed by atoms with Gasteiger partial charge in [-0.3, -0.25) is 0 Å². The Hall–Kier alpha value is -3.08. The van der Waals surface area contributed by atoms with Crippen LogP contribution in [0.2, 0.25) is 0 Å². The number of esters is 2. The van der Waals surface area contributed by atoms with Gasteiger partial charge in [-0.1, -0.05) is 42.5 Å². The van der Waals surface area contributed by atoms with Gasteiger partial charge >= 0.3 is 11.9 Å². The molecular weight excluding hydrogens is 330 g/mol. The molecule has 2 fully saturated rings. The Morgan fingerprint density at radius 3 is 2.08 bits per heavy atom. The number of carbonyl (C=O) groups excluding carboxylic acids is 2. The summed E-state index contributed by atoms with van der Waals surface area (Å²) in [7, 11) is 0. The van der Waals surface area contributed by atoms with Crippen molar-refractivity contribution in [2.24, 2.45) is 0 Å². The van der Waals surface area contributed by atoms with Crippen LogP contribution in [0.4, 0.5) is 5.69 Å². The van der Waals surface area contributed by atoms with Crippen LogP contribution in [0.15, 0.2) is 60.2 Å². The largest absolute Gasteiger partial charge is 0.417 e. The average molecular weight is 349 g/mol. The molecule has 0 radical (unpaired) electrons. The van der Waals surface area contributed by atoms with Crippen LogP contribution in [0.1, 0.15) is 30.3 Å². The van der Waals surface area contributed by atoms with Gasteiger partial charge in [0.05, 0.1) is 0 Å². The number of anilines is 1. The lowest BCUT2D eigenvalue weighted by atomic mass is 10.1. The highest BCUT2D eigenvalue weighted by molar-refractivity contribution is 6.18. The number of ether oxygens (including phenoxy) is 2. The Bertz CT molecular complexity index is 816. The van der Waals surface area contributed by atoms with Crippen molar-refractivity contribution in [1.82, 2.24) is 0 Å². The number of nitrogens with zero attached hydrogens (tertiary/aromatic N) is 1. The van der Waals surface area contributed by atoms with Gasteiger partial charge in [-0.05, 0) is 36.6 Å². The second kappa shape index (κ2) is 7.04. The van der Waals surface area contributed by atoms with Crippen LogP contribution in [-0.2, 0) is 19.1 Å². The Morgan fingerprint density at radius 1 is 0.846 bits per heavy atom. The van der Waals surface area contributed by atoms with E-state index in [1.165, 1.54) is 18.9 Å². The van der Waals surface area contributed by atoms with Crippen LogP contribution in [0, 0.1) is 0 Å². The van der Waals surface area contributed by atoms with Crippen molar-refractivity contribution in [3.63, 3.8) is 0 Å². The third kappa shape index (κ3) is 3.33. The van der Waals surface area contributed by atoms with Gasteiger partial charge < -0.3 is 14.4 Å². The van der Waals surface area contributed by atoms with Crippen LogP contribution in [0.5, 0.6) is 0 Å². The van der Waals surface area contributed by atoms with E-state index in [0.29, 0.717) is 5.56 Å². The van der Waals surface area contributed by atoms with Gasteiger partial charge in [0, 0.05) is 24.3 Å². The summed E-state index contributed by atoms with van der Waals surface area (Å²) in [6.45, 7) is 2.14. The van der Waals surface area contributed by atoms with Gasteiger partial charge in [0.25, 0.3) is 6.29 Å². The smallest absolute Gasteiger partial charge is 0.348 e. The molecule has 0 amide bonds. The molecule has 2 saturated heterocycles. The molecule has 2 aliphatic rings. The summed E-state index contributed by atoms with van der Waals surface area (Å²) < 4.78 is 10.5. The predicted molar refractivity (Wildman–Crippen MR) is 97.2 cm³/mol. The molecule has 0 N–H and O–H groups in total. The molecule has 2 aliphatic heterocycles. The van der Waals surface area contributed by atoms with Crippen LogP contribution < -0.4 is 4.90 Å². The molecule has 5 heteroatoms. The van der Waals surface area contributed by atoms with E-state index in [4.69, 9.17) is 9.47 Å². The Labute approximate surface area is 151 Å². The number of benzene rings is 2. The Kier molecular flexibility index (Phi) is 4.44. The highest BCUT2D eigenvalue weighted by Gasteiger charge is 2.34. The molecule has 5 nitrogen and oxygen atoms in total. The van der Waals surface area contributed by atoms with Gasteiger partial charge in [-0.2, -0.15) is 0 Å². The minimum Gasteiger partial charge on any atom is -0.417 e. The van der Waals surface area contributed by atoms with Crippen molar-refractivity contribution in [3.05, 3.63) is 71.3 Å². The number of cyclic esters (lactones) is 2. The minimum atomic E-state index is -0.995. The Morgan fingerprint density at radius 2 is 1.46 bits per heavy atom. The van der Waals surface area contributed by atoms with E-state index >= 15 is 0 Å². The summed E-state index contributed by atoms with van der Waals surface area (Å²) in [5.41, 5.74) is 2.45. The van der Waals surface area contributed by atoms with Crippen molar-refractivity contribution in [2.45, 2.75) is 19.1 Å². The second-order valence-electron chi connectivity index (χ2n) is 6.40. The summed E-state index contributed by atoms with van der Waals surface area (Å²) in [5, 5.41) is 0. The third-order valence-corrected chi connectivity index (χ3v) is 4.62. The minimum absolute atomic E-state index is 0.0916. The summed E-state index contributed by atoms with van der Waals surface area (Å²) in [6, 6.07) is 16.7. The normalized spacial score (nSPS) is 19.9. The van der Waals surface area contributed by atoms with Crippen molar-refractivity contribution < 1.29 is 19.1 Å². The summed E-state index contributed by atoms with van der Waals surface area (Å²) in [4.78, 5) is 26.9. The maximum Gasteiger partial charge on any atom is 0.348 e.